The maximum absolute atomic E-state index is 9.09. The van der Waals surface area contributed by atoms with Gasteiger partial charge in [0.2, 0.25) is 0 Å². The lowest BCUT2D eigenvalue weighted by Gasteiger charge is -2.35. The number of benzene rings is 6. The van der Waals surface area contributed by atoms with E-state index in [4.69, 9.17) is 28.5 Å². The summed E-state index contributed by atoms with van der Waals surface area (Å²) in [6.45, 7) is 16.2. The van der Waals surface area contributed by atoms with Crippen molar-refractivity contribution < 1.29 is 18.4 Å². The van der Waals surface area contributed by atoms with Crippen molar-refractivity contribution in [3.05, 3.63) is 181 Å². The second-order valence-corrected chi connectivity index (χ2v) is 17.6. The van der Waals surface area contributed by atoms with Crippen LogP contribution in [-0.2, 0) is 10.8 Å². The molecule has 1 aliphatic heterocycles. The number of aryl methyl sites for hydroxylation is 1. The average Bonchev–Trinajstić information content (AvgIpc) is 3.80. The normalized spacial score (nSPS) is 14.7. The molecule has 62 heavy (non-hydrogen) atoms. The van der Waals surface area contributed by atoms with Gasteiger partial charge in [-0.05, 0) is 108 Å². The maximum Gasteiger partial charge on any atom is 0.401 e. The van der Waals surface area contributed by atoms with Gasteiger partial charge in [0.25, 0.3) is 0 Å². The molecule has 2 aromatic heterocycles. The molecule has 1 aliphatic rings. The van der Waals surface area contributed by atoms with Crippen LogP contribution in [0.5, 0.6) is 11.5 Å². The molecule has 0 unspecified atom stereocenters. The van der Waals surface area contributed by atoms with Gasteiger partial charge in [-0.15, -0.1) is 0 Å². The smallest absolute Gasteiger partial charge is 0.401 e. The monoisotopic (exact) mass is 823 g/mol. The van der Waals surface area contributed by atoms with E-state index in [1.807, 2.05) is 88.5 Å². The number of rotatable bonds is 9. The molecule has 6 aromatic carbocycles. The minimum Gasteiger partial charge on any atom is -0.457 e. The molecule has 0 amide bonds. The van der Waals surface area contributed by atoms with Crippen molar-refractivity contribution in [2.45, 2.75) is 66.1 Å². The van der Waals surface area contributed by atoms with Crippen molar-refractivity contribution in [1.82, 2.24) is 14.7 Å². The minimum atomic E-state index is -0.607. The third kappa shape index (κ3) is 8.08. The molecule has 0 bridgehead atoms. The van der Waals surface area contributed by atoms with Gasteiger partial charge in [0.1, 0.15) is 17.3 Å². The van der Waals surface area contributed by atoms with E-state index in [1.165, 1.54) is 0 Å². The van der Waals surface area contributed by atoms with E-state index < -0.39 is 65.8 Å². The van der Waals surface area contributed by atoms with Crippen molar-refractivity contribution in [3.63, 3.8) is 0 Å². The second-order valence-electron chi connectivity index (χ2n) is 17.6. The number of aromatic nitrogens is 3. The van der Waals surface area contributed by atoms with Crippen LogP contribution in [-0.4, -0.2) is 21.7 Å². The van der Waals surface area contributed by atoms with Crippen molar-refractivity contribution in [3.8, 4) is 45.0 Å². The molecule has 308 valence electrons. The zero-order valence-corrected chi connectivity index (χ0v) is 36.1. The van der Waals surface area contributed by atoms with Crippen molar-refractivity contribution in [2.75, 3.05) is 15.4 Å². The van der Waals surface area contributed by atoms with Crippen LogP contribution in [0.2, 0.25) is 6.82 Å². The van der Waals surface area contributed by atoms with E-state index in [0.717, 1.165) is 34.0 Å². The average molecular weight is 823 g/mol. The molecule has 8 aromatic rings. The highest BCUT2D eigenvalue weighted by Gasteiger charge is 2.36. The summed E-state index contributed by atoms with van der Waals surface area (Å²) in [5.41, 5.74) is 6.81. The molecule has 0 spiro atoms. The van der Waals surface area contributed by atoms with Crippen molar-refractivity contribution in [1.29, 1.82) is 0 Å². The molecule has 0 atom stereocenters. The zero-order chi connectivity index (χ0) is 51.9. The second kappa shape index (κ2) is 16.1. The largest absolute Gasteiger partial charge is 0.457 e. The van der Waals surface area contributed by atoms with E-state index >= 15 is 0 Å². The third-order valence-electron chi connectivity index (χ3n) is 11.0. The molecule has 0 saturated carbocycles. The van der Waals surface area contributed by atoms with E-state index in [-0.39, 0.29) is 40.3 Å². The van der Waals surface area contributed by atoms with E-state index in [1.54, 1.807) is 24.3 Å². The van der Waals surface area contributed by atoms with Gasteiger partial charge < -0.3 is 20.2 Å². The molecule has 9 rings (SSSR count). The predicted octanol–water partition coefficient (Wildman–Crippen LogP) is 14.6. The molecule has 0 saturated heterocycles. The van der Waals surface area contributed by atoms with Gasteiger partial charge in [0.15, 0.2) is 0 Å². The lowest BCUT2D eigenvalue weighted by molar-refractivity contribution is 0.483. The summed E-state index contributed by atoms with van der Waals surface area (Å²) in [6, 6.07) is 25.3. The van der Waals surface area contributed by atoms with Crippen LogP contribution >= 0.6 is 0 Å². The Morgan fingerprint density at radius 2 is 1.29 bits per heavy atom. The van der Waals surface area contributed by atoms with Gasteiger partial charge in [-0.3, -0.25) is 4.59 Å². The first-order valence-electron chi connectivity index (χ1n) is 25.6. The number of hydrogen-bond donors (Lipinski definition) is 2. The summed E-state index contributed by atoms with van der Waals surface area (Å²) < 4.78 is 96.3. The van der Waals surface area contributed by atoms with Crippen LogP contribution in [0, 0.1) is 6.92 Å². The first-order valence-corrected chi connectivity index (χ1v) is 20.6. The molecule has 8 heteroatoms. The Balaban J connectivity index is 1.13. The number of fused-ring (bicyclic) bond motifs is 3. The molecule has 0 radical (unpaired) electrons. The van der Waals surface area contributed by atoms with Gasteiger partial charge in [0.05, 0.1) is 42.2 Å². The molecule has 3 heterocycles. The molecule has 7 nitrogen and oxygen atoms in total. The fraction of sp³-hybridized carbons (Fsp3) is 0.185. The Morgan fingerprint density at radius 1 is 0.645 bits per heavy atom. The van der Waals surface area contributed by atoms with Gasteiger partial charge >= 0.3 is 6.98 Å². The Bertz CT molecular complexity index is 3350. The molecular weight excluding hydrogens is 759 g/mol. The highest BCUT2D eigenvalue weighted by atomic mass is 16.5. The van der Waals surface area contributed by atoms with Gasteiger partial charge in [0, 0.05) is 51.8 Å². The lowest BCUT2D eigenvalue weighted by atomic mass is 9.73. The number of pyridine rings is 1. The lowest BCUT2D eigenvalue weighted by Crippen LogP contribution is -2.44. The molecule has 0 fully saturated rings. The SMILES string of the molecule is [2H]c1c([2H])c([2H])c(-c2cc(C(C)(C)C)cc(-c3c([2H])c([2H])c([2H])c([2H])c3[2H])c2Nc2ccccc2Nc2cccc(Oc3ccc4c(c3)N(c3cc(C)ccn3)B(C)n3nc(C(C)(C)C)cc3-4)c2)c([2H])c1[2H]. The quantitative estimate of drug-likeness (QED) is 0.141. The molecule has 2 N–H and O–H groups in total. The summed E-state index contributed by atoms with van der Waals surface area (Å²) in [5.74, 6) is 1.92. The highest BCUT2D eigenvalue weighted by Crippen LogP contribution is 2.46. The number of ether oxygens (including phenoxy) is 1. The van der Waals surface area contributed by atoms with Crippen LogP contribution in [0.25, 0.3) is 33.5 Å². The number of para-hydroxylation sites is 2. The number of hydrogen-bond acceptors (Lipinski definition) is 6. The van der Waals surface area contributed by atoms with Crippen LogP contribution in [0.4, 0.5) is 34.3 Å². The Morgan fingerprint density at radius 3 is 1.92 bits per heavy atom. The topological polar surface area (TPSA) is 67.2 Å². The zero-order valence-electron chi connectivity index (χ0n) is 46.1. The summed E-state index contributed by atoms with van der Waals surface area (Å²) in [5, 5.41) is 12.0. The van der Waals surface area contributed by atoms with Crippen LogP contribution in [0.15, 0.2) is 164 Å². The van der Waals surface area contributed by atoms with E-state index in [9.17, 15) is 0 Å². The van der Waals surface area contributed by atoms with E-state index in [0.29, 0.717) is 34.1 Å². The third-order valence-corrected chi connectivity index (χ3v) is 11.0. The van der Waals surface area contributed by atoms with E-state index in [2.05, 4.69) is 65.8 Å². The summed E-state index contributed by atoms with van der Waals surface area (Å²) in [7, 11) is 0. The number of nitrogens with zero attached hydrogens (tertiary/aromatic N) is 4. The van der Waals surface area contributed by atoms with Crippen molar-refractivity contribution in [2.24, 2.45) is 0 Å². The fourth-order valence-corrected chi connectivity index (χ4v) is 7.65. The Kier molecular flexibility index (Phi) is 7.80. The summed E-state index contributed by atoms with van der Waals surface area (Å²) >= 11 is 0. The predicted molar refractivity (Wildman–Crippen MR) is 260 cm³/mol. The number of anilines is 6. The first-order chi connectivity index (χ1) is 33.9. The minimum absolute atomic E-state index is 0.117. The van der Waals surface area contributed by atoms with Crippen LogP contribution < -0.4 is 20.2 Å². The van der Waals surface area contributed by atoms with Crippen molar-refractivity contribution >= 4 is 41.2 Å². The number of nitrogens with one attached hydrogen (secondary N) is 2. The standard InChI is InChI=1S/C54H53BN6O/c1-36-28-29-56-51(30-36)60-48-34-42(26-27-43(48)49-35-50(54(5,6)7)59-61(49)55(60)8)62-41-23-17-22-40(33-41)57-46-24-15-16-25-47(46)58-52-44(37-18-11-9-12-19-37)31-39(53(2,3)4)32-45(52)38-20-13-10-14-21-38/h9-35,57-58H,1-8H3/i9D,10D,11D,12D,13D,14D,18D,19D,20D,21D. The maximum atomic E-state index is 9.09. The van der Waals surface area contributed by atoms with Gasteiger partial charge in [-0.2, -0.15) is 5.10 Å². The summed E-state index contributed by atoms with van der Waals surface area (Å²) in [6.07, 6.45) is 1.81. The summed E-state index contributed by atoms with van der Waals surface area (Å²) in [4.78, 5) is 6.96. The first kappa shape index (κ1) is 30.0. The van der Waals surface area contributed by atoms with Gasteiger partial charge in [-0.25, -0.2) is 4.98 Å². The Hall–Kier alpha value is -7.06. The van der Waals surface area contributed by atoms with Crippen LogP contribution in [0.1, 0.15) is 72.1 Å². The molecular formula is C54H53BN6O. The van der Waals surface area contributed by atoms with Crippen LogP contribution in [0.3, 0.4) is 0 Å². The van der Waals surface area contributed by atoms with Gasteiger partial charge in [-0.1, -0.05) is 120 Å². The highest BCUT2D eigenvalue weighted by molar-refractivity contribution is 6.63. The molecule has 0 aliphatic carbocycles. The fourth-order valence-electron chi connectivity index (χ4n) is 7.65. The Labute approximate surface area is 380 Å².